The topological polar surface area (TPSA) is 60.5 Å². The molecule has 0 bridgehead atoms. The van der Waals surface area contributed by atoms with Crippen molar-refractivity contribution in [2.75, 3.05) is 5.32 Å². The molecule has 2 heterocycles. The lowest BCUT2D eigenvalue weighted by Gasteiger charge is -2.30. The van der Waals surface area contributed by atoms with Gasteiger partial charge in [0.25, 0.3) is 5.91 Å². The highest BCUT2D eigenvalue weighted by atomic mass is 35.5. The van der Waals surface area contributed by atoms with Crippen molar-refractivity contribution in [3.05, 3.63) is 46.4 Å². The van der Waals surface area contributed by atoms with Gasteiger partial charge in [-0.15, -0.1) is 0 Å². The van der Waals surface area contributed by atoms with Crippen molar-refractivity contribution < 1.29 is 14.3 Å². The van der Waals surface area contributed by atoms with E-state index in [0.29, 0.717) is 32.2 Å². The maximum absolute atomic E-state index is 12.6. The summed E-state index contributed by atoms with van der Waals surface area (Å²) in [6, 6.07) is 10.6. The quantitative estimate of drug-likeness (QED) is 0.679. The number of nitrogens with one attached hydrogen (secondary N) is 1. The highest BCUT2D eigenvalue weighted by Gasteiger charge is 2.34. The van der Waals surface area contributed by atoms with E-state index < -0.39 is 12.2 Å². The SMILES string of the molecule is CC1Oc2ccccc2OC1C(=O)Nc1nc2c(Cl)ccc(Cl)c2s1. The van der Waals surface area contributed by atoms with E-state index >= 15 is 0 Å². The van der Waals surface area contributed by atoms with E-state index in [1.165, 1.54) is 11.3 Å². The number of para-hydroxylation sites is 2. The molecule has 0 saturated heterocycles. The summed E-state index contributed by atoms with van der Waals surface area (Å²) in [5.74, 6) is 0.821. The molecule has 4 rings (SSSR count). The molecular weight excluding hydrogens is 383 g/mol. The number of fused-ring (bicyclic) bond motifs is 2. The largest absolute Gasteiger partial charge is 0.482 e. The summed E-state index contributed by atoms with van der Waals surface area (Å²) in [6.45, 7) is 1.78. The van der Waals surface area contributed by atoms with Crippen LogP contribution >= 0.6 is 34.5 Å². The van der Waals surface area contributed by atoms with E-state index in [1.54, 1.807) is 31.2 Å². The van der Waals surface area contributed by atoms with Crippen LogP contribution in [0.3, 0.4) is 0 Å². The van der Waals surface area contributed by atoms with Crippen LogP contribution in [0.1, 0.15) is 6.92 Å². The standard InChI is InChI=1S/C17H12Cl2N2O3S/c1-8-14(24-12-5-3-2-4-11(12)23-8)16(22)21-17-20-13-9(18)6-7-10(19)15(13)25-17/h2-8,14H,1H3,(H,20,21,22). The zero-order chi connectivity index (χ0) is 17.6. The van der Waals surface area contributed by atoms with E-state index in [9.17, 15) is 4.79 Å². The van der Waals surface area contributed by atoms with Crippen molar-refractivity contribution in [1.82, 2.24) is 4.98 Å². The average molecular weight is 395 g/mol. The number of anilines is 1. The van der Waals surface area contributed by atoms with Gasteiger partial charge < -0.3 is 9.47 Å². The maximum atomic E-state index is 12.6. The molecule has 0 spiro atoms. The molecule has 2 aromatic carbocycles. The van der Waals surface area contributed by atoms with Gasteiger partial charge in [0.15, 0.2) is 16.6 Å². The Morgan fingerprint density at radius 2 is 1.80 bits per heavy atom. The van der Waals surface area contributed by atoms with Gasteiger partial charge in [0.2, 0.25) is 6.10 Å². The van der Waals surface area contributed by atoms with E-state index in [-0.39, 0.29) is 5.91 Å². The van der Waals surface area contributed by atoms with Crippen LogP contribution in [0.5, 0.6) is 11.5 Å². The van der Waals surface area contributed by atoms with Gasteiger partial charge in [-0.25, -0.2) is 4.98 Å². The van der Waals surface area contributed by atoms with Gasteiger partial charge >= 0.3 is 0 Å². The second-order valence-corrected chi connectivity index (χ2v) is 7.34. The van der Waals surface area contributed by atoms with Crippen LogP contribution in [0, 0.1) is 0 Å². The van der Waals surface area contributed by atoms with Crippen LogP contribution < -0.4 is 14.8 Å². The minimum atomic E-state index is -0.784. The molecule has 1 amide bonds. The van der Waals surface area contributed by atoms with Gasteiger partial charge in [-0.1, -0.05) is 46.7 Å². The first-order valence-corrected chi connectivity index (χ1v) is 9.08. The second kappa shape index (κ2) is 6.37. The van der Waals surface area contributed by atoms with Crippen LogP contribution in [-0.2, 0) is 4.79 Å². The Morgan fingerprint density at radius 1 is 1.12 bits per heavy atom. The minimum absolute atomic E-state index is 0.340. The number of ether oxygens (including phenoxy) is 2. The van der Waals surface area contributed by atoms with Crippen molar-refractivity contribution in [3.8, 4) is 11.5 Å². The first-order chi connectivity index (χ1) is 12.0. The van der Waals surface area contributed by atoms with Crippen molar-refractivity contribution in [1.29, 1.82) is 0 Å². The number of amides is 1. The normalized spacial score (nSPS) is 19.0. The monoisotopic (exact) mass is 394 g/mol. The third-order valence-corrected chi connectivity index (χ3v) is 5.51. The number of rotatable bonds is 2. The summed E-state index contributed by atoms with van der Waals surface area (Å²) in [5.41, 5.74) is 0.564. The van der Waals surface area contributed by atoms with E-state index in [4.69, 9.17) is 32.7 Å². The van der Waals surface area contributed by atoms with Crippen LogP contribution in [0.25, 0.3) is 10.2 Å². The van der Waals surface area contributed by atoms with Gasteiger partial charge in [0.05, 0.1) is 14.7 Å². The van der Waals surface area contributed by atoms with Crippen LogP contribution in [0.15, 0.2) is 36.4 Å². The molecule has 0 aliphatic carbocycles. The summed E-state index contributed by atoms with van der Waals surface area (Å²) in [7, 11) is 0. The number of aromatic nitrogens is 1. The van der Waals surface area contributed by atoms with E-state index in [1.807, 2.05) is 12.1 Å². The van der Waals surface area contributed by atoms with Crippen LogP contribution in [0.4, 0.5) is 5.13 Å². The Balaban J connectivity index is 1.58. The third kappa shape index (κ3) is 3.01. The molecule has 2 atom stereocenters. The molecule has 0 fully saturated rings. The van der Waals surface area contributed by atoms with E-state index in [2.05, 4.69) is 10.3 Å². The molecule has 0 saturated carbocycles. The first kappa shape index (κ1) is 16.4. The molecule has 25 heavy (non-hydrogen) atoms. The fraction of sp³-hybridized carbons (Fsp3) is 0.176. The van der Waals surface area contributed by atoms with Crippen LogP contribution in [0.2, 0.25) is 10.0 Å². The van der Waals surface area contributed by atoms with E-state index in [0.717, 1.165) is 4.70 Å². The smallest absolute Gasteiger partial charge is 0.271 e. The fourth-order valence-electron chi connectivity index (χ4n) is 2.58. The zero-order valence-corrected chi connectivity index (χ0v) is 15.3. The Labute approximate surface area is 157 Å². The van der Waals surface area contributed by atoms with Gasteiger partial charge in [0, 0.05) is 0 Å². The van der Waals surface area contributed by atoms with Crippen molar-refractivity contribution in [3.63, 3.8) is 0 Å². The summed E-state index contributed by atoms with van der Waals surface area (Å²) in [5, 5.41) is 4.19. The Morgan fingerprint density at radius 3 is 2.52 bits per heavy atom. The Kier molecular flexibility index (Phi) is 4.19. The fourth-order valence-corrected chi connectivity index (χ4v) is 4.00. The molecule has 1 aliphatic heterocycles. The predicted molar refractivity (Wildman–Crippen MR) is 99.2 cm³/mol. The second-order valence-electron chi connectivity index (χ2n) is 5.52. The number of benzene rings is 2. The number of hydrogen-bond donors (Lipinski definition) is 1. The van der Waals surface area contributed by atoms with Crippen molar-refractivity contribution >= 4 is 55.8 Å². The molecule has 1 aromatic heterocycles. The van der Waals surface area contributed by atoms with Crippen LogP contribution in [-0.4, -0.2) is 23.1 Å². The minimum Gasteiger partial charge on any atom is -0.482 e. The molecule has 8 heteroatoms. The molecule has 1 aliphatic rings. The molecule has 3 aromatic rings. The van der Waals surface area contributed by atoms with Gasteiger partial charge in [-0.05, 0) is 31.2 Å². The predicted octanol–water partition coefficient (Wildman–Crippen LogP) is 4.77. The molecular formula is C17H12Cl2N2O3S. The maximum Gasteiger partial charge on any atom is 0.271 e. The summed E-state index contributed by atoms with van der Waals surface area (Å²) >= 11 is 13.6. The highest BCUT2D eigenvalue weighted by molar-refractivity contribution is 7.23. The number of hydrogen-bond acceptors (Lipinski definition) is 5. The van der Waals surface area contributed by atoms with Crippen molar-refractivity contribution in [2.45, 2.75) is 19.1 Å². The number of carbonyl (C=O) groups is 1. The summed E-state index contributed by atoms with van der Waals surface area (Å²) < 4.78 is 12.3. The third-order valence-electron chi connectivity index (χ3n) is 3.78. The lowest BCUT2D eigenvalue weighted by molar-refractivity contribution is -0.128. The van der Waals surface area contributed by atoms with Gasteiger partial charge in [-0.3, -0.25) is 10.1 Å². The molecule has 0 radical (unpaired) electrons. The Bertz CT molecular complexity index is 937. The summed E-state index contributed by atoms with van der Waals surface area (Å²) in [6.07, 6.45) is -1.22. The van der Waals surface area contributed by atoms with Gasteiger partial charge in [-0.2, -0.15) is 0 Å². The number of thiazole rings is 1. The number of halogens is 2. The zero-order valence-electron chi connectivity index (χ0n) is 13.0. The number of nitrogens with zero attached hydrogens (tertiary/aromatic N) is 1. The number of carbonyl (C=O) groups excluding carboxylic acids is 1. The molecule has 5 nitrogen and oxygen atoms in total. The van der Waals surface area contributed by atoms with Crippen molar-refractivity contribution in [2.24, 2.45) is 0 Å². The lowest BCUT2D eigenvalue weighted by atomic mass is 10.1. The molecule has 1 N–H and O–H groups in total. The highest BCUT2D eigenvalue weighted by Crippen LogP contribution is 2.37. The first-order valence-electron chi connectivity index (χ1n) is 7.50. The van der Waals surface area contributed by atoms with Gasteiger partial charge in [0.1, 0.15) is 11.6 Å². The summed E-state index contributed by atoms with van der Waals surface area (Å²) in [4.78, 5) is 17.0. The average Bonchev–Trinajstić information content (AvgIpc) is 3.02. The Hall–Kier alpha value is -2.02. The molecule has 2 unspecified atom stereocenters. The lowest BCUT2D eigenvalue weighted by Crippen LogP contribution is -2.46. The molecule has 128 valence electrons.